The van der Waals surface area contributed by atoms with Gasteiger partial charge >= 0.3 is 0 Å². The van der Waals surface area contributed by atoms with Crippen molar-refractivity contribution in [1.82, 2.24) is 5.43 Å². The molecule has 0 spiro atoms. The van der Waals surface area contributed by atoms with E-state index in [0.29, 0.717) is 22.6 Å². The zero-order valence-electron chi connectivity index (χ0n) is 12.2. The third-order valence-corrected chi connectivity index (χ3v) is 2.90. The summed E-state index contributed by atoms with van der Waals surface area (Å²) in [6, 6.07) is 10.5. The van der Waals surface area contributed by atoms with Gasteiger partial charge in [-0.1, -0.05) is 12.1 Å². The molecule has 0 radical (unpaired) electrons. The van der Waals surface area contributed by atoms with Crippen molar-refractivity contribution in [3.05, 3.63) is 59.4 Å². The highest BCUT2D eigenvalue weighted by atomic mass is 19.1. The lowest BCUT2D eigenvalue weighted by Crippen LogP contribution is -2.17. The number of nitrogens with one attached hydrogen (secondary N) is 1. The summed E-state index contributed by atoms with van der Waals surface area (Å²) < 4.78 is 23.0. The van der Waals surface area contributed by atoms with Crippen LogP contribution < -0.4 is 14.9 Å². The van der Waals surface area contributed by atoms with E-state index in [1.807, 2.05) is 0 Å². The van der Waals surface area contributed by atoms with Crippen molar-refractivity contribution in [1.29, 1.82) is 0 Å². The number of hydrogen-bond acceptors (Lipinski definition) is 4. The molecule has 0 fully saturated rings. The van der Waals surface area contributed by atoms with Crippen LogP contribution in [-0.2, 0) is 0 Å². The SMILES string of the molecule is COc1ccc(C(=O)NN=Cc2ccc(F)cc2)cc1OC. The Hall–Kier alpha value is -2.89. The summed E-state index contributed by atoms with van der Waals surface area (Å²) in [5, 5.41) is 3.83. The predicted molar refractivity (Wildman–Crippen MR) is 81.0 cm³/mol. The smallest absolute Gasteiger partial charge is 0.271 e. The molecule has 1 amide bonds. The van der Waals surface area contributed by atoms with E-state index in [0.717, 1.165) is 0 Å². The molecule has 2 aromatic carbocycles. The molecule has 0 atom stereocenters. The second-order valence-corrected chi connectivity index (χ2v) is 4.32. The monoisotopic (exact) mass is 302 g/mol. The van der Waals surface area contributed by atoms with Gasteiger partial charge in [0.25, 0.3) is 5.91 Å². The number of nitrogens with zero attached hydrogens (tertiary/aromatic N) is 1. The minimum absolute atomic E-state index is 0.327. The molecule has 0 aromatic heterocycles. The maximum atomic E-state index is 12.8. The fourth-order valence-electron chi connectivity index (χ4n) is 1.76. The maximum absolute atomic E-state index is 12.8. The highest BCUT2D eigenvalue weighted by Crippen LogP contribution is 2.27. The Morgan fingerprint density at radius 3 is 2.41 bits per heavy atom. The molecule has 2 rings (SSSR count). The summed E-state index contributed by atoms with van der Waals surface area (Å²) in [7, 11) is 3.01. The van der Waals surface area contributed by atoms with Crippen molar-refractivity contribution in [2.45, 2.75) is 0 Å². The number of benzene rings is 2. The van der Waals surface area contributed by atoms with Gasteiger partial charge in [-0.2, -0.15) is 5.10 Å². The summed E-state index contributed by atoms with van der Waals surface area (Å²) >= 11 is 0. The van der Waals surface area contributed by atoms with E-state index in [1.165, 1.54) is 32.6 Å². The van der Waals surface area contributed by atoms with Crippen molar-refractivity contribution in [2.24, 2.45) is 5.10 Å². The van der Waals surface area contributed by atoms with E-state index in [1.54, 1.807) is 30.3 Å². The molecule has 1 N–H and O–H groups in total. The van der Waals surface area contributed by atoms with E-state index >= 15 is 0 Å². The lowest BCUT2D eigenvalue weighted by Gasteiger charge is -2.08. The van der Waals surface area contributed by atoms with Crippen LogP contribution in [0.3, 0.4) is 0 Å². The quantitative estimate of drug-likeness (QED) is 0.682. The lowest BCUT2D eigenvalue weighted by atomic mass is 10.2. The predicted octanol–water partition coefficient (Wildman–Crippen LogP) is 2.61. The fourth-order valence-corrected chi connectivity index (χ4v) is 1.76. The molecule has 0 saturated heterocycles. The van der Waals surface area contributed by atoms with E-state index in [9.17, 15) is 9.18 Å². The Bertz CT molecular complexity index is 684. The second-order valence-electron chi connectivity index (χ2n) is 4.32. The Balaban J connectivity index is 2.04. The summed E-state index contributed by atoms with van der Waals surface area (Å²) in [6.45, 7) is 0. The first kappa shape index (κ1) is 15.5. The minimum atomic E-state index is -0.390. The fraction of sp³-hybridized carbons (Fsp3) is 0.125. The minimum Gasteiger partial charge on any atom is -0.493 e. The summed E-state index contributed by atoms with van der Waals surface area (Å²) in [5.41, 5.74) is 3.45. The van der Waals surface area contributed by atoms with Crippen LogP contribution in [0.2, 0.25) is 0 Å². The third-order valence-electron chi connectivity index (χ3n) is 2.90. The third kappa shape index (κ3) is 3.82. The van der Waals surface area contributed by atoms with Crippen molar-refractivity contribution >= 4 is 12.1 Å². The number of methoxy groups -OCH3 is 2. The average Bonchev–Trinajstić information content (AvgIpc) is 2.55. The molecule has 0 aliphatic heterocycles. The number of halogens is 1. The topological polar surface area (TPSA) is 59.9 Å². The van der Waals surface area contributed by atoms with Gasteiger partial charge in [0.15, 0.2) is 11.5 Å². The number of carbonyl (C=O) groups excluding carboxylic acids is 1. The molecule has 0 unspecified atom stereocenters. The molecule has 0 saturated carbocycles. The molecule has 6 heteroatoms. The number of rotatable bonds is 5. The first-order chi connectivity index (χ1) is 10.6. The zero-order valence-corrected chi connectivity index (χ0v) is 12.2. The lowest BCUT2D eigenvalue weighted by molar-refractivity contribution is 0.0954. The highest BCUT2D eigenvalue weighted by Gasteiger charge is 2.09. The molecule has 0 bridgehead atoms. The first-order valence-electron chi connectivity index (χ1n) is 6.45. The van der Waals surface area contributed by atoms with Crippen LogP contribution in [0.1, 0.15) is 15.9 Å². The maximum Gasteiger partial charge on any atom is 0.271 e. The first-order valence-corrected chi connectivity index (χ1v) is 6.45. The summed E-state index contributed by atoms with van der Waals surface area (Å²) in [6.07, 6.45) is 1.43. The Morgan fingerprint density at radius 2 is 1.77 bits per heavy atom. The van der Waals surface area contributed by atoms with Crippen molar-refractivity contribution in [2.75, 3.05) is 14.2 Å². The normalized spacial score (nSPS) is 10.5. The van der Waals surface area contributed by atoms with Crippen LogP contribution in [0.5, 0.6) is 11.5 Å². The van der Waals surface area contributed by atoms with Gasteiger partial charge in [-0.3, -0.25) is 4.79 Å². The molecule has 22 heavy (non-hydrogen) atoms. The molecular formula is C16H15FN2O3. The van der Waals surface area contributed by atoms with Crippen LogP contribution in [0.25, 0.3) is 0 Å². The summed E-state index contributed by atoms with van der Waals surface area (Å²) in [5.74, 6) is 0.275. The average molecular weight is 302 g/mol. The Kier molecular flexibility index (Phi) is 5.08. The number of hydrazone groups is 1. The largest absolute Gasteiger partial charge is 0.493 e. The number of carbonyl (C=O) groups is 1. The van der Waals surface area contributed by atoms with Gasteiger partial charge in [-0.05, 0) is 35.9 Å². The molecule has 114 valence electrons. The molecule has 0 aliphatic carbocycles. The van der Waals surface area contributed by atoms with Crippen molar-refractivity contribution in [3.8, 4) is 11.5 Å². The van der Waals surface area contributed by atoms with Crippen LogP contribution >= 0.6 is 0 Å². The standard InChI is InChI=1S/C16H15FN2O3/c1-21-14-8-5-12(9-15(14)22-2)16(20)19-18-10-11-3-6-13(17)7-4-11/h3-10H,1-2H3,(H,19,20). The van der Waals surface area contributed by atoms with Crippen molar-refractivity contribution in [3.63, 3.8) is 0 Å². The molecule has 5 nitrogen and oxygen atoms in total. The van der Waals surface area contributed by atoms with Gasteiger partial charge in [-0.25, -0.2) is 9.82 Å². The van der Waals surface area contributed by atoms with Gasteiger partial charge < -0.3 is 9.47 Å². The van der Waals surface area contributed by atoms with E-state index < -0.39 is 0 Å². The van der Waals surface area contributed by atoms with Gasteiger partial charge in [0.2, 0.25) is 0 Å². The van der Waals surface area contributed by atoms with E-state index in [4.69, 9.17) is 9.47 Å². The van der Waals surface area contributed by atoms with Crippen LogP contribution in [0.15, 0.2) is 47.6 Å². The highest BCUT2D eigenvalue weighted by molar-refractivity contribution is 5.95. The molecule has 2 aromatic rings. The molecule has 0 heterocycles. The molecule has 0 aliphatic rings. The number of hydrogen-bond donors (Lipinski definition) is 1. The zero-order chi connectivity index (χ0) is 15.9. The molecular weight excluding hydrogens is 287 g/mol. The van der Waals surface area contributed by atoms with Crippen molar-refractivity contribution < 1.29 is 18.7 Å². The van der Waals surface area contributed by atoms with Gasteiger partial charge in [-0.15, -0.1) is 0 Å². The van der Waals surface area contributed by atoms with Gasteiger partial charge in [0.05, 0.1) is 20.4 Å². The van der Waals surface area contributed by atoms with E-state index in [2.05, 4.69) is 10.5 Å². The van der Waals surface area contributed by atoms with Gasteiger partial charge in [0, 0.05) is 5.56 Å². The van der Waals surface area contributed by atoms with E-state index in [-0.39, 0.29) is 11.7 Å². The number of amides is 1. The van der Waals surface area contributed by atoms with Crippen LogP contribution in [0, 0.1) is 5.82 Å². The van der Waals surface area contributed by atoms with Gasteiger partial charge in [0.1, 0.15) is 5.82 Å². The summed E-state index contributed by atoms with van der Waals surface area (Å²) in [4.78, 5) is 12.0. The Labute approximate surface area is 127 Å². The number of ether oxygens (including phenoxy) is 2. The Morgan fingerprint density at radius 1 is 1.09 bits per heavy atom. The van der Waals surface area contributed by atoms with Crippen LogP contribution in [-0.4, -0.2) is 26.3 Å². The van der Waals surface area contributed by atoms with Crippen LogP contribution in [0.4, 0.5) is 4.39 Å². The second kappa shape index (κ2) is 7.21.